The summed E-state index contributed by atoms with van der Waals surface area (Å²) in [7, 11) is 0. The minimum absolute atomic E-state index is 0.129. The summed E-state index contributed by atoms with van der Waals surface area (Å²) in [6.45, 7) is 5.84. The normalized spacial score (nSPS) is 28.3. The van der Waals surface area contributed by atoms with Gasteiger partial charge in [0.15, 0.2) is 5.60 Å². The molecule has 0 aromatic carbocycles. The minimum atomic E-state index is -0.361. The summed E-state index contributed by atoms with van der Waals surface area (Å²) in [6.07, 6.45) is 3.67. The lowest BCUT2D eigenvalue weighted by atomic mass is 9.96. The van der Waals surface area contributed by atoms with Crippen molar-refractivity contribution in [2.24, 2.45) is 5.16 Å². The van der Waals surface area contributed by atoms with Crippen molar-refractivity contribution in [3.8, 4) is 0 Å². The van der Waals surface area contributed by atoms with Gasteiger partial charge < -0.3 is 14.9 Å². The number of hydrogen-bond donors (Lipinski definition) is 1. The van der Waals surface area contributed by atoms with E-state index in [-0.39, 0.29) is 17.6 Å². The van der Waals surface area contributed by atoms with Gasteiger partial charge in [-0.15, -0.1) is 0 Å². The lowest BCUT2D eigenvalue weighted by Gasteiger charge is -2.21. The van der Waals surface area contributed by atoms with Crippen LogP contribution in [0.3, 0.4) is 0 Å². The summed E-state index contributed by atoms with van der Waals surface area (Å²) in [5.74, 6) is -0.129. The first-order valence-corrected chi connectivity index (χ1v) is 9.42. The number of hydrogen-bond acceptors (Lipinski definition) is 6. The molecular weight excluding hydrogens is 332 g/mol. The molecule has 140 valence electrons. The first kappa shape index (κ1) is 17.4. The fourth-order valence-corrected chi connectivity index (χ4v) is 3.96. The topological polar surface area (TPSA) is 76.1 Å². The number of oxime groups is 1. The third kappa shape index (κ3) is 3.88. The van der Waals surface area contributed by atoms with Crippen molar-refractivity contribution in [2.75, 3.05) is 26.2 Å². The van der Waals surface area contributed by atoms with Gasteiger partial charge in [0.1, 0.15) is 5.71 Å². The molecule has 3 aliphatic heterocycles. The van der Waals surface area contributed by atoms with Crippen LogP contribution < -0.4 is 5.32 Å². The number of ether oxygens (including phenoxy) is 1. The maximum Gasteiger partial charge on any atom is 0.269 e. The van der Waals surface area contributed by atoms with E-state index < -0.39 is 0 Å². The van der Waals surface area contributed by atoms with Crippen molar-refractivity contribution >= 4 is 11.6 Å². The molecule has 1 N–H and O–H groups in total. The van der Waals surface area contributed by atoms with Crippen molar-refractivity contribution in [3.63, 3.8) is 0 Å². The zero-order valence-corrected chi connectivity index (χ0v) is 15.2. The standard InChI is InChI=1S/C19H26N4O3/c1-14-4-2-5-15(21-14)12-23-8-7-19(13-23)10-17(22-26-19)18(24)20-11-16-6-3-9-25-16/h2,4-5,16H,3,6-13H2,1H3,(H,20,24)/t16-,19+/m0/s1. The molecule has 1 aromatic rings. The number of nitrogens with one attached hydrogen (secondary N) is 1. The second kappa shape index (κ2) is 7.32. The van der Waals surface area contributed by atoms with Gasteiger partial charge >= 0.3 is 0 Å². The van der Waals surface area contributed by atoms with Crippen LogP contribution in [0.25, 0.3) is 0 Å². The first-order chi connectivity index (χ1) is 12.6. The van der Waals surface area contributed by atoms with E-state index in [9.17, 15) is 4.79 Å². The highest BCUT2D eigenvalue weighted by molar-refractivity contribution is 6.39. The fraction of sp³-hybridized carbons (Fsp3) is 0.632. The second-order valence-corrected chi connectivity index (χ2v) is 7.57. The van der Waals surface area contributed by atoms with E-state index in [0.29, 0.717) is 18.7 Å². The Morgan fingerprint density at radius 2 is 2.38 bits per heavy atom. The molecule has 2 saturated heterocycles. The van der Waals surface area contributed by atoms with Crippen LogP contribution >= 0.6 is 0 Å². The SMILES string of the molecule is Cc1cccc(CN2CC[C@@]3(CC(C(=O)NC[C@@H]4CCCO4)=NO3)C2)n1. The molecule has 2 fully saturated rings. The molecule has 0 bridgehead atoms. The number of nitrogens with zero attached hydrogens (tertiary/aromatic N) is 3. The zero-order valence-electron chi connectivity index (χ0n) is 15.2. The van der Waals surface area contributed by atoms with E-state index in [0.717, 1.165) is 56.9 Å². The first-order valence-electron chi connectivity index (χ1n) is 9.42. The van der Waals surface area contributed by atoms with Gasteiger partial charge in [0.25, 0.3) is 5.91 Å². The summed E-state index contributed by atoms with van der Waals surface area (Å²) in [5.41, 5.74) is 2.23. The number of aromatic nitrogens is 1. The van der Waals surface area contributed by atoms with E-state index in [2.05, 4.69) is 20.4 Å². The third-order valence-electron chi connectivity index (χ3n) is 5.34. The molecule has 7 nitrogen and oxygen atoms in total. The van der Waals surface area contributed by atoms with Gasteiger partial charge in [-0.1, -0.05) is 11.2 Å². The summed E-state index contributed by atoms with van der Waals surface area (Å²) >= 11 is 0. The Morgan fingerprint density at radius 1 is 1.46 bits per heavy atom. The highest BCUT2D eigenvalue weighted by Crippen LogP contribution is 2.34. The van der Waals surface area contributed by atoms with Crippen LogP contribution in [0.15, 0.2) is 23.4 Å². The predicted molar refractivity (Wildman–Crippen MR) is 96.7 cm³/mol. The van der Waals surface area contributed by atoms with Crippen LogP contribution in [0.5, 0.6) is 0 Å². The summed E-state index contributed by atoms with van der Waals surface area (Å²) in [5, 5.41) is 7.03. The molecule has 1 spiro atoms. The lowest BCUT2D eigenvalue weighted by Crippen LogP contribution is -2.39. The summed E-state index contributed by atoms with van der Waals surface area (Å²) in [4.78, 5) is 25.0. The number of pyridine rings is 1. The van der Waals surface area contributed by atoms with Gasteiger partial charge in [-0.05, 0) is 31.9 Å². The number of rotatable bonds is 5. The second-order valence-electron chi connectivity index (χ2n) is 7.57. The Morgan fingerprint density at radius 3 is 3.19 bits per heavy atom. The van der Waals surface area contributed by atoms with Crippen LogP contribution in [-0.4, -0.2) is 59.4 Å². The van der Waals surface area contributed by atoms with Gasteiger partial charge in [0.2, 0.25) is 0 Å². The molecule has 0 unspecified atom stereocenters. The van der Waals surface area contributed by atoms with Crippen LogP contribution in [0, 0.1) is 6.92 Å². The van der Waals surface area contributed by atoms with Gasteiger partial charge in [-0.3, -0.25) is 14.7 Å². The van der Waals surface area contributed by atoms with E-state index >= 15 is 0 Å². The Balaban J connectivity index is 1.27. The Labute approximate surface area is 153 Å². The molecule has 7 heteroatoms. The quantitative estimate of drug-likeness (QED) is 0.861. The van der Waals surface area contributed by atoms with E-state index in [1.165, 1.54) is 0 Å². The van der Waals surface area contributed by atoms with Crippen LogP contribution in [0.2, 0.25) is 0 Å². The number of aryl methyl sites for hydroxylation is 1. The van der Waals surface area contributed by atoms with Crippen molar-refractivity contribution in [2.45, 2.75) is 50.9 Å². The Hall–Kier alpha value is -1.99. The minimum Gasteiger partial charge on any atom is -0.387 e. The van der Waals surface area contributed by atoms with Crippen molar-refractivity contribution < 1.29 is 14.4 Å². The summed E-state index contributed by atoms with van der Waals surface area (Å²) in [6, 6.07) is 6.09. The smallest absolute Gasteiger partial charge is 0.269 e. The molecule has 3 aliphatic rings. The molecule has 26 heavy (non-hydrogen) atoms. The van der Waals surface area contributed by atoms with Crippen molar-refractivity contribution in [1.29, 1.82) is 0 Å². The van der Waals surface area contributed by atoms with Crippen molar-refractivity contribution in [3.05, 3.63) is 29.6 Å². The predicted octanol–water partition coefficient (Wildman–Crippen LogP) is 1.41. The van der Waals surface area contributed by atoms with Crippen molar-refractivity contribution in [1.82, 2.24) is 15.2 Å². The highest BCUT2D eigenvalue weighted by atomic mass is 16.7. The highest BCUT2D eigenvalue weighted by Gasteiger charge is 2.46. The molecular formula is C19H26N4O3. The van der Waals surface area contributed by atoms with E-state index in [4.69, 9.17) is 9.57 Å². The molecule has 1 aromatic heterocycles. The maximum atomic E-state index is 12.4. The average Bonchev–Trinajstić information content (AvgIpc) is 3.36. The van der Waals surface area contributed by atoms with Crippen LogP contribution in [0.4, 0.5) is 0 Å². The molecule has 0 radical (unpaired) electrons. The maximum absolute atomic E-state index is 12.4. The lowest BCUT2D eigenvalue weighted by molar-refractivity contribution is -0.115. The van der Waals surface area contributed by atoms with Gasteiger partial charge in [0, 0.05) is 51.3 Å². The third-order valence-corrected chi connectivity index (χ3v) is 5.34. The average molecular weight is 358 g/mol. The Kier molecular flexibility index (Phi) is 4.91. The zero-order chi connectivity index (χ0) is 18.0. The van der Waals surface area contributed by atoms with Gasteiger partial charge in [-0.25, -0.2) is 0 Å². The Bertz CT molecular complexity index is 702. The van der Waals surface area contributed by atoms with E-state index in [1.54, 1.807) is 0 Å². The molecule has 0 saturated carbocycles. The van der Waals surface area contributed by atoms with Crippen LogP contribution in [0.1, 0.15) is 37.1 Å². The van der Waals surface area contributed by atoms with Gasteiger partial charge in [0.05, 0.1) is 11.8 Å². The molecule has 4 heterocycles. The molecule has 0 aliphatic carbocycles. The number of amides is 1. The van der Waals surface area contributed by atoms with E-state index in [1.807, 2.05) is 25.1 Å². The summed E-state index contributed by atoms with van der Waals surface area (Å²) < 4.78 is 5.54. The largest absolute Gasteiger partial charge is 0.387 e. The monoisotopic (exact) mass is 358 g/mol. The molecule has 1 amide bonds. The van der Waals surface area contributed by atoms with Gasteiger partial charge in [-0.2, -0.15) is 0 Å². The fourth-order valence-electron chi connectivity index (χ4n) is 3.96. The molecule has 2 atom stereocenters. The van der Waals surface area contributed by atoms with Crippen LogP contribution in [-0.2, 0) is 20.9 Å². The number of carbonyl (C=O) groups is 1. The molecule has 4 rings (SSSR count). The number of carbonyl (C=O) groups excluding carboxylic acids is 1. The number of likely N-dealkylation sites (tertiary alicyclic amines) is 1.